The maximum atomic E-state index is 13.3. The Bertz CT molecular complexity index is 228. The molecule has 1 atom stereocenters. The second-order valence-electron chi connectivity index (χ2n) is 2.68. The van der Waals surface area contributed by atoms with E-state index < -0.39 is 6.17 Å². The summed E-state index contributed by atoms with van der Waals surface area (Å²) in [5.41, 5.74) is 0.360. The highest BCUT2D eigenvalue weighted by Crippen LogP contribution is 2.15. The predicted molar refractivity (Wildman–Crippen MR) is 49.0 cm³/mol. The van der Waals surface area contributed by atoms with Crippen LogP contribution in [0.1, 0.15) is 6.42 Å². The van der Waals surface area contributed by atoms with Crippen molar-refractivity contribution in [2.45, 2.75) is 12.6 Å². The molecule has 1 rings (SSSR count). The summed E-state index contributed by atoms with van der Waals surface area (Å²) in [6.07, 6.45) is 7.03. The van der Waals surface area contributed by atoms with E-state index >= 15 is 0 Å². The molecule has 4 heteroatoms. The van der Waals surface area contributed by atoms with Gasteiger partial charge in [-0.05, 0) is 18.6 Å². The standard InChI is InChI=1S/C9H13FN2O/c10-8-4-1-2-6-12(11)9(8)5-3-7-13/h1-2,4-6,8,13H,3,7,11H2/b9-5-. The van der Waals surface area contributed by atoms with E-state index in [9.17, 15) is 4.39 Å². The topological polar surface area (TPSA) is 49.5 Å². The number of nitrogens with two attached hydrogens (primary N) is 1. The van der Waals surface area contributed by atoms with Crippen molar-refractivity contribution >= 4 is 0 Å². The third-order valence-electron chi connectivity index (χ3n) is 1.70. The lowest BCUT2D eigenvalue weighted by molar-refractivity contribution is 0.298. The van der Waals surface area contributed by atoms with Crippen molar-refractivity contribution in [3.63, 3.8) is 0 Å². The third-order valence-corrected chi connectivity index (χ3v) is 1.70. The molecule has 0 saturated carbocycles. The fourth-order valence-corrected chi connectivity index (χ4v) is 1.06. The van der Waals surface area contributed by atoms with E-state index in [-0.39, 0.29) is 6.61 Å². The molecule has 3 nitrogen and oxygen atoms in total. The summed E-state index contributed by atoms with van der Waals surface area (Å²) in [5, 5.41) is 9.80. The molecular formula is C9H13FN2O. The van der Waals surface area contributed by atoms with Crippen LogP contribution in [0.5, 0.6) is 0 Å². The third kappa shape index (κ3) is 2.68. The molecule has 0 aliphatic carbocycles. The number of alkyl halides is 1. The Morgan fingerprint density at radius 1 is 1.62 bits per heavy atom. The Morgan fingerprint density at radius 2 is 2.38 bits per heavy atom. The number of aliphatic hydroxyl groups excluding tert-OH is 1. The molecule has 1 heterocycles. The van der Waals surface area contributed by atoms with Gasteiger partial charge in [0.05, 0.1) is 5.70 Å². The second-order valence-corrected chi connectivity index (χ2v) is 2.68. The number of hydrogen-bond donors (Lipinski definition) is 2. The maximum Gasteiger partial charge on any atom is 0.160 e. The number of rotatable bonds is 2. The van der Waals surface area contributed by atoms with E-state index in [0.717, 1.165) is 0 Å². The van der Waals surface area contributed by atoms with Crippen LogP contribution in [0.25, 0.3) is 0 Å². The molecular weight excluding hydrogens is 171 g/mol. The zero-order chi connectivity index (χ0) is 9.68. The minimum absolute atomic E-state index is 0.00249. The molecule has 0 aromatic carbocycles. The van der Waals surface area contributed by atoms with Crippen LogP contribution in [0.2, 0.25) is 0 Å². The highest BCUT2D eigenvalue weighted by atomic mass is 19.1. The molecule has 0 amide bonds. The fraction of sp³-hybridized carbons (Fsp3) is 0.333. The van der Waals surface area contributed by atoms with Crippen molar-refractivity contribution in [2.75, 3.05) is 6.61 Å². The lowest BCUT2D eigenvalue weighted by atomic mass is 10.2. The summed E-state index contributed by atoms with van der Waals surface area (Å²) < 4.78 is 13.3. The zero-order valence-electron chi connectivity index (χ0n) is 7.23. The van der Waals surface area contributed by atoms with Gasteiger partial charge in [-0.1, -0.05) is 12.2 Å². The number of halogens is 1. The largest absolute Gasteiger partial charge is 0.396 e. The summed E-state index contributed by atoms with van der Waals surface area (Å²) in [5.74, 6) is 5.53. The SMILES string of the molecule is NN1C=CC=CC(F)/C1=C/CCO. The van der Waals surface area contributed by atoms with Gasteiger partial charge in [0.2, 0.25) is 0 Å². The van der Waals surface area contributed by atoms with Gasteiger partial charge in [-0.3, -0.25) is 5.01 Å². The monoisotopic (exact) mass is 184 g/mol. The Kier molecular flexibility index (Phi) is 3.67. The first-order valence-corrected chi connectivity index (χ1v) is 4.09. The van der Waals surface area contributed by atoms with Gasteiger partial charge in [0.15, 0.2) is 6.17 Å². The van der Waals surface area contributed by atoms with Gasteiger partial charge in [0, 0.05) is 12.8 Å². The molecule has 1 aliphatic rings. The first-order chi connectivity index (χ1) is 6.25. The van der Waals surface area contributed by atoms with E-state index in [2.05, 4.69) is 0 Å². The molecule has 0 spiro atoms. The van der Waals surface area contributed by atoms with Crippen LogP contribution in [0, 0.1) is 0 Å². The lowest BCUT2D eigenvalue weighted by Gasteiger charge is -2.17. The maximum absolute atomic E-state index is 13.3. The van der Waals surface area contributed by atoms with Gasteiger partial charge < -0.3 is 5.11 Å². The van der Waals surface area contributed by atoms with E-state index in [1.165, 1.54) is 11.1 Å². The summed E-state index contributed by atoms with van der Waals surface area (Å²) >= 11 is 0. The molecule has 0 saturated heterocycles. The Labute approximate surface area is 76.6 Å². The number of allylic oxidation sites excluding steroid dienone is 3. The second kappa shape index (κ2) is 4.79. The molecule has 1 unspecified atom stereocenters. The minimum Gasteiger partial charge on any atom is -0.396 e. The molecule has 0 fully saturated rings. The van der Waals surface area contributed by atoms with Crippen molar-refractivity contribution < 1.29 is 9.50 Å². The van der Waals surface area contributed by atoms with E-state index in [0.29, 0.717) is 12.1 Å². The van der Waals surface area contributed by atoms with Gasteiger partial charge in [0.1, 0.15) is 0 Å². The molecule has 13 heavy (non-hydrogen) atoms. The number of hydrazine groups is 1. The molecule has 0 aromatic rings. The minimum atomic E-state index is -1.20. The Balaban J connectivity index is 2.77. The number of nitrogens with zero attached hydrogens (tertiary/aromatic N) is 1. The Morgan fingerprint density at radius 3 is 3.08 bits per heavy atom. The first kappa shape index (κ1) is 9.95. The summed E-state index contributed by atoms with van der Waals surface area (Å²) in [6.45, 7) is -0.00249. The highest BCUT2D eigenvalue weighted by molar-refractivity contribution is 5.22. The molecule has 0 bridgehead atoms. The quantitative estimate of drug-likeness (QED) is 0.625. The average molecular weight is 184 g/mol. The molecule has 72 valence electrons. The first-order valence-electron chi connectivity index (χ1n) is 4.09. The Hall–Kier alpha value is -1.13. The van der Waals surface area contributed by atoms with Gasteiger partial charge >= 0.3 is 0 Å². The van der Waals surface area contributed by atoms with E-state index in [1.54, 1.807) is 24.4 Å². The van der Waals surface area contributed by atoms with Crippen molar-refractivity contribution in [1.82, 2.24) is 5.01 Å². The molecule has 3 N–H and O–H groups in total. The number of aliphatic hydroxyl groups is 1. The van der Waals surface area contributed by atoms with Crippen molar-refractivity contribution in [1.29, 1.82) is 0 Å². The lowest BCUT2D eigenvalue weighted by Crippen LogP contribution is -2.28. The van der Waals surface area contributed by atoms with Crippen LogP contribution in [-0.2, 0) is 0 Å². The smallest absolute Gasteiger partial charge is 0.160 e. The van der Waals surface area contributed by atoms with Gasteiger partial charge in [0.25, 0.3) is 0 Å². The van der Waals surface area contributed by atoms with Crippen molar-refractivity contribution in [2.24, 2.45) is 5.84 Å². The summed E-state index contributed by atoms with van der Waals surface area (Å²) in [4.78, 5) is 0. The molecule has 0 aromatic heterocycles. The van der Waals surface area contributed by atoms with Crippen molar-refractivity contribution in [3.8, 4) is 0 Å². The zero-order valence-corrected chi connectivity index (χ0v) is 7.23. The summed E-state index contributed by atoms with van der Waals surface area (Å²) in [6, 6.07) is 0. The summed E-state index contributed by atoms with van der Waals surface area (Å²) in [7, 11) is 0. The average Bonchev–Trinajstić information content (AvgIpc) is 2.26. The molecule has 1 aliphatic heterocycles. The van der Waals surface area contributed by atoms with E-state index in [4.69, 9.17) is 10.9 Å². The van der Waals surface area contributed by atoms with Crippen molar-refractivity contribution in [3.05, 3.63) is 36.2 Å². The van der Waals surface area contributed by atoms with Crippen LogP contribution in [0.15, 0.2) is 36.2 Å². The van der Waals surface area contributed by atoms with Crippen LogP contribution in [0.3, 0.4) is 0 Å². The van der Waals surface area contributed by atoms with Crippen LogP contribution in [0.4, 0.5) is 4.39 Å². The fourth-order valence-electron chi connectivity index (χ4n) is 1.06. The van der Waals surface area contributed by atoms with E-state index in [1.807, 2.05) is 0 Å². The van der Waals surface area contributed by atoms with Crippen LogP contribution in [-0.4, -0.2) is 22.9 Å². The van der Waals surface area contributed by atoms with Crippen LogP contribution >= 0.6 is 0 Å². The van der Waals surface area contributed by atoms with Gasteiger partial charge in [-0.15, -0.1) is 0 Å². The van der Waals surface area contributed by atoms with Gasteiger partial charge in [-0.2, -0.15) is 0 Å². The number of hydrogen-bond acceptors (Lipinski definition) is 3. The van der Waals surface area contributed by atoms with Gasteiger partial charge in [-0.25, -0.2) is 10.2 Å². The predicted octanol–water partition coefficient (Wildman–Crippen LogP) is 0.850. The van der Waals surface area contributed by atoms with Crippen LogP contribution < -0.4 is 5.84 Å². The normalized spacial score (nSPS) is 25.3. The molecule has 0 radical (unpaired) electrons. The highest BCUT2D eigenvalue weighted by Gasteiger charge is 2.14.